The van der Waals surface area contributed by atoms with E-state index >= 15 is 0 Å². The standard InChI is InChI=1S/C30H47OS.3C4H9.Sn/c1-3-5-7-9-11-12-14-16-19-27(18-15-13-10-8-6-4-2)25-31-30-21-17-20-28(24-30)29-22-23-32-26-29;3*1-3-4-2;/h17,20-22,24,26-27H,3-16,18-19,25H2,1-2H3;3*1,3-4H2,2H3;. The van der Waals surface area contributed by atoms with Gasteiger partial charge in [0.25, 0.3) is 0 Å². The van der Waals surface area contributed by atoms with Crippen molar-refractivity contribution in [2.24, 2.45) is 5.92 Å². The third-order valence-electron chi connectivity index (χ3n) is 10.2. The summed E-state index contributed by atoms with van der Waals surface area (Å²) in [5.74, 6) is 1.76. The number of thiophene rings is 1. The Bertz CT molecular complexity index is 930. The fourth-order valence-corrected chi connectivity index (χ4v) is 27.1. The molecule has 0 amide bonds. The SMILES string of the molecule is CCCCCCCCCCC(CCCCCCCC)COc1cccc(-c2cs[c]([Sn]([CH2]CCC)([CH2]CCC)[CH2]CCC)c2)c1. The van der Waals surface area contributed by atoms with E-state index in [1.54, 1.807) is 13.3 Å². The van der Waals surface area contributed by atoms with Crippen LogP contribution in [0.3, 0.4) is 0 Å². The van der Waals surface area contributed by atoms with Crippen molar-refractivity contribution in [2.75, 3.05) is 6.61 Å². The Kier molecular flexibility index (Phi) is 23.9. The summed E-state index contributed by atoms with van der Waals surface area (Å²) in [7, 11) is 0. The molecular weight excluding hydrogens is 671 g/mol. The Morgan fingerprint density at radius 2 is 1.04 bits per heavy atom. The summed E-state index contributed by atoms with van der Waals surface area (Å²) in [5, 5.41) is 2.48. The Hall–Kier alpha value is -0.481. The van der Waals surface area contributed by atoms with Crippen LogP contribution in [0.2, 0.25) is 13.3 Å². The van der Waals surface area contributed by atoms with Crippen LogP contribution >= 0.6 is 11.3 Å². The fourth-order valence-electron chi connectivity index (χ4n) is 7.13. The molecule has 0 aliphatic rings. The van der Waals surface area contributed by atoms with Crippen LogP contribution in [-0.2, 0) is 0 Å². The number of hydrogen-bond donors (Lipinski definition) is 0. The fraction of sp³-hybridized carbons (Fsp3) is 0.762. The predicted molar refractivity (Wildman–Crippen MR) is 208 cm³/mol. The van der Waals surface area contributed by atoms with Crippen LogP contribution in [0.4, 0.5) is 0 Å². The van der Waals surface area contributed by atoms with Crippen molar-refractivity contribution in [3.8, 4) is 16.9 Å². The number of ether oxygens (including phenoxy) is 1. The van der Waals surface area contributed by atoms with Crippen LogP contribution in [0.15, 0.2) is 35.7 Å². The van der Waals surface area contributed by atoms with Gasteiger partial charge in [-0.2, -0.15) is 0 Å². The molecule has 1 aromatic carbocycles. The Labute approximate surface area is 290 Å². The summed E-state index contributed by atoms with van der Waals surface area (Å²) >= 11 is -0.270. The second-order valence-electron chi connectivity index (χ2n) is 14.3. The number of rotatable bonds is 30. The molecule has 0 aliphatic carbocycles. The minimum atomic E-state index is -2.38. The molecule has 0 aliphatic heterocycles. The number of benzene rings is 1. The first-order valence-electron chi connectivity index (χ1n) is 19.9. The van der Waals surface area contributed by atoms with E-state index in [0.29, 0.717) is 5.92 Å². The zero-order chi connectivity index (χ0) is 32.4. The van der Waals surface area contributed by atoms with E-state index in [1.807, 2.05) is 2.89 Å². The molecule has 1 aromatic heterocycles. The first kappa shape index (κ1) is 40.7. The van der Waals surface area contributed by atoms with Gasteiger partial charge in [-0.15, -0.1) is 0 Å². The molecule has 0 saturated heterocycles. The van der Waals surface area contributed by atoms with Crippen molar-refractivity contribution in [2.45, 2.75) is 189 Å². The molecule has 1 nitrogen and oxygen atoms in total. The van der Waals surface area contributed by atoms with E-state index in [4.69, 9.17) is 4.74 Å². The van der Waals surface area contributed by atoms with E-state index in [9.17, 15) is 0 Å². The van der Waals surface area contributed by atoms with Crippen LogP contribution in [-0.4, -0.2) is 25.0 Å². The normalized spacial score (nSPS) is 12.6. The summed E-state index contributed by atoms with van der Waals surface area (Å²) in [6.45, 7) is 12.7. The van der Waals surface area contributed by atoms with Gasteiger partial charge in [0.2, 0.25) is 0 Å². The molecule has 1 atom stereocenters. The van der Waals surface area contributed by atoms with E-state index < -0.39 is 18.4 Å². The quantitative estimate of drug-likeness (QED) is 0.0572. The molecule has 0 radical (unpaired) electrons. The van der Waals surface area contributed by atoms with Gasteiger partial charge in [0.15, 0.2) is 0 Å². The molecule has 45 heavy (non-hydrogen) atoms. The maximum absolute atomic E-state index is 6.60. The molecule has 2 aromatic rings. The topological polar surface area (TPSA) is 9.23 Å². The second-order valence-corrected chi connectivity index (χ2v) is 29.4. The van der Waals surface area contributed by atoms with E-state index in [2.05, 4.69) is 81.7 Å². The van der Waals surface area contributed by atoms with Crippen LogP contribution in [0.1, 0.15) is 176 Å². The summed E-state index contributed by atoms with van der Waals surface area (Å²) in [4.78, 5) is 0. The van der Waals surface area contributed by atoms with Crippen molar-refractivity contribution in [3.63, 3.8) is 0 Å². The molecular formula is C42H74OSSn. The Balaban J connectivity index is 2.03. The van der Waals surface area contributed by atoms with Crippen LogP contribution in [0.5, 0.6) is 5.75 Å². The van der Waals surface area contributed by atoms with Crippen LogP contribution < -0.4 is 7.63 Å². The van der Waals surface area contributed by atoms with Crippen LogP contribution in [0, 0.1) is 5.92 Å². The number of hydrogen-bond acceptors (Lipinski definition) is 2. The zero-order valence-corrected chi connectivity index (χ0v) is 34.4. The third-order valence-corrected chi connectivity index (χ3v) is 29.5. The van der Waals surface area contributed by atoms with Gasteiger partial charge in [-0.25, -0.2) is 0 Å². The zero-order valence-electron chi connectivity index (χ0n) is 30.7. The summed E-state index contributed by atoms with van der Waals surface area (Å²) in [6, 6.07) is 11.7. The first-order chi connectivity index (χ1) is 22.1. The van der Waals surface area contributed by atoms with E-state index in [1.165, 1.54) is 152 Å². The summed E-state index contributed by atoms with van der Waals surface area (Å²) < 4.78 is 13.1. The van der Waals surface area contributed by atoms with E-state index in [0.717, 1.165) is 12.4 Å². The Morgan fingerprint density at radius 3 is 1.56 bits per heavy atom. The molecule has 0 bridgehead atoms. The summed E-state index contributed by atoms with van der Waals surface area (Å²) in [6.07, 6.45) is 30.5. The molecule has 0 spiro atoms. The van der Waals surface area contributed by atoms with Crippen molar-refractivity contribution in [1.82, 2.24) is 0 Å². The van der Waals surface area contributed by atoms with Gasteiger partial charge in [-0.05, 0) is 0 Å². The molecule has 2 rings (SSSR count). The average Bonchev–Trinajstić information content (AvgIpc) is 3.57. The van der Waals surface area contributed by atoms with Gasteiger partial charge in [0.1, 0.15) is 0 Å². The molecule has 1 heterocycles. The number of unbranched alkanes of at least 4 members (excludes halogenated alkanes) is 15. The summed E-state index contributed by atoms with van der Waals surface area (Å²) in [5.41, 5.74) is 2.79. The predicted octanol–water partition coefficient (Wildman–Crippen LogP) is 14.7. The van der Waals surface area contributed by atoms with Gasteiger partial charge in [0.05, 0.1) is 0 Å². The molecule has 1 unspecified atom stereocenters. The van der Waals surface area contributed by atoms with Gasteiger partial charge in [0, 0.05) is 0 Å². The van der Waals surface area contributed by atoms with Crippen molar-refractivity contribution < 1.29 is 4.74 Å². The van der Waals surface area contributed by atoms with Crippen molar-refractivity contribution in [3.05, 3.63) is 35.7 Å². The van der Waals surface area contributed by atoms with E-state index in [-0.39, 0.29) is 0 Å². The van der Waals surface area contributed by atoms with Crippen LogP contribution in [0.25, 0.3) is 11.1 Å². The van der Waals surface area contributed by atoms with Crippen molar-refractivity contribution >= 4 is 32.6 Å². The molecule has 0 fully saturated rings. The van der Waals surface area contributed by atoms with Gasteiger partial charge in [-0.1, -0.05) is 78.1 Å². The van der Waals surface area contributed by atoms with Crippen molar-refractivity contribution in [1.29, 1.82) is 0 Å². The second kappa shape index (κ2) is 26.5. The monoisotopic (exact) mass is 746 g/mol. The molecule has 0 saturated carbocycles. The maximum atomic E-state index is 6.60. The third kappa shape index (κ3) is 17.0. The van der Waals surface area contributed by atoms with Gasteiger partial charge < -0.3 is 0 Å². The van der Waals surface area contributed by atoms with Gasteiger partial charge in [-0.3, -0.25) is 0 Å². The van der Waals surface area contributed by atoms with Gasteiger partial charge >= 0.3 is 214 Å². The molecule has 258 valence electrons. The first-order valence-corrected chi connectivity index (χ1v) is 28.3. The Morgan fingerprint density at radius 1 is 0.556 bits per heavy atom. The molecule has 0 N–H and O–H groups in total. The molecule has 3 heteroatoms. The average molecular weight is 746 g/mol. The minimum absolute atomic E-state index is 0.693.